The third-order valence-corrected chi connectivity index (χ3v) is 4.84. The molecule has 24 heavy (non-hydrogen) atoms. The summed E-state index contributed by atoms with van der Waals surface area (Å²) in [5.41, 5.74) is 2.48. The van der Waals surface area contributed by atoms with Crippen molar-refractivity contribution in [1.29, 1.82) is 0 Å². The minimum Gasteiger partial charge on any atom is -0.321 e. The van der Waals surface area contributed by atoms with E-state index in [9.17, 15) is 4.39 Å². The molecule has 0 spiro atoms. The fourth-order valence-electron chi connectivity index (χ4n) is 3.28. The van der Waals surface area contributed by atoms with Crippen molar-refractivity contribution in [1.82, 2.24) is 14.5 Å². The average molecular weight is 338 g/mol. The zero-order valence-corrected chi connectivity index (χ0v) is 13.5. The fraction of sp³-hybridized carbons (Fsp3) is 0.158. The van der Waals surface area contributed by atoms with Gasteiger partial charge in [0.2, 0.25) is 0 Å². The third-order valence-electron chi connectivity index (χ3n) is 4.55. The predicted octanol–water partition coefficient (Wildman–Crippen LogP) is 5.38. The van der Waals surface area contributed by atoms with Gasteiger partial charge in [-0.3, -0.25) is 4.98 Å². The number of rotatable bonds is 2. The molecule has 0 saturated heterocycles. The summed E-state index contributed by atoms with van der Waals surface area (Å²) in [6.45, 7) is 0. The Morgan fingerprint density at radius 3 is 2.79 bits per heavy atom. The summed E-state index contributed by atoms with van der Waals surface area (Å²) in [7, 11) is 0. The number of halogens is 2. The minimum atomic E-state index is -0.438. The molecule has 3 nitrogen and oxygen atoms in total. The monoisotopic (exact) mass is 337 g/mol. The first-order chi connectivity index (χ1) is 11.7. The van der Waals surface area contributed by atoms with Crippen LogP contribution in [0, 0.1) is 5.82 Å². The molecular weight excluding hydrogens is 325 g/mol. The molecular formula is C19H13ClFN3. The van der Waals surface area contributed by atoms with Gasteiger partial charge in [0.15, 0.2) is 0 Å². The van der Waals surface area contributed by atoms with Crippen molar-refractivity contribution in [3.63, 3.8) is 0 Å². The van der Waals surface area contributed by atoms with E-state index in [0.717, 1.165) is 40.5 Å². The quantitative estimate of drug-likeness (QED) is 0.491. The van der Waals surface area contributed by atoms with E-state index in [4.69, 9.17) is 16.6 Å². The van der Waals surface area contributed by atoms with Gasteiger partial charge < -0.3 is 4.57 Å². The topological polar surface area (TPSA) is 30.7 Å². The Labute approximate surface area is 142 Å². The molecule has 2 aromatic heterocycles. The Morgan fingerprint density at radius 1 is 1.12 bits per heavy atom. The van der Waals surface area contributed by atoms with Crippen molar-refractivity contribution in [3.05, 3.63) is 59.6 Å². The van der Waals surface area contributed by atoms with Gasteiger partial charge in [-0.2, -0.15) is 0 Å². The van der Waals surface area contributed by atoms with E-state index < -0.39 is 5.82 Å². The van der Waals surface area contributed by atoms with E-state index in [1.54, 1.807) is 6.07 Å². The Kier molecular flexibility index (Phi) is 2.91. The highest BCUT2D eigenvalue weighted by atomic mass is 35.5. The maximum Gasteiger partial charge on any atom is 0.144 e. The van der Waals surface area contributed by atoms with Gasteiger partial charge in [0.1, 0.15) is 11.6 Å². The van der Waals surface area contributed by atoms with Crippen LogP contribution in [0.4, 0.5) is 4.39 Å². The average Bonchev–Trinajstić information content (AvgIpc) is 3.37. The van der Waals surface area contributed by atoms with E-state index >= 15 is 0 Å². The lowest BCUT2D eigenvalue weighted by atomic mass is 10.1. The largest absolute Gasteiger partial charge is 0.321 e. The first kappa shape index (κ1) is 13.9. The molecule has 0 amide bonds. The van der Waals surface area contributed by atoms with Crippen LogP contribution in [0.15, 0.2) is 48.8 Å². The summed E-state index contributed by atoms with van der Waals surface area (Å²) in [4.78, 5) is 9.08. The zero-order valence-electron chi connectivity index (χ0n) is 12.7. The first-order valence-electron chi connectivity index (χ1n) is 7.92. The van der Waals surface area contributed by atoms with Crippen molar-refractivity contribution in [2.75, 3.05) is 0 Å². The second kappa shape index (κ2) is 5.02. The molecule has 0 aliphatic heterocycles. The summed E-state index contributed by atoms with van der Waals surface area (Å²) in [5, 5.41) is 2.29. The molecule has 5 rings (SSSR count). The molecule has 1 aliphatic rings. The van der Waals surface area contributed by atoms with E-state index in [-0.39, 0.29) is 5.02 Å². The van der Waals surface area contributed by atoms with Gasteiger partial charge >= 0.3 is 0 Å². The van der Waals surface area contributed by atoms with Crippen LogP contribution in [-0.4, -0.2) is 14.5 Å². The van der Waals surface area contributed by atoms with Crippen LogP contribution in [0.2, 0.25) is 5.02 Å². The lowest BCUT2D eigenvalue weighted by Gasteiger charge is -2.10. The lowest BCUT2D eigenvalue weighted by Crippen LogP contribution is -1.98. The number of aromatic nitrogens is 3. The van der Waals surface area contributed by atoms with Gasteiger partial charge in [0.25, 0.3) is 0 Å². The number of imidazole rings is 1. The minimum absolute atomic E-state index is 0.131. The zero-order chi connectivity index (χ0) is 16.3. The molecule has 2 heterocycles. The maximum atomic E-state index is 13.9. The molecule has 5 heteroatoms. The van der Waals surface area contributed by atoms with Crippen molar-refractivity contribution >= 4 is 33.4 Å². The molecule has 1 saturated carbocycles. The summed E-state index contributed by atoms with van der Waals surface area (Å²) in [6.07, 6.45) is 5.89. The normalized spacial score (nSPS) is 14.6. The highest BCUT2D eigenvalue weighted by Crippen LogP contribution is 2.42. The molecule has 2 aromatic carbocycles. The molecule has 118 valence electrons. The van der Waals surface area contributed by atoms with Gasteiger partial charge in [0.05, 0.1) is 16.1 Å². The standard InChI is InChI=1S/C19H13ClFN3/c20-15-7-18-17(8-16(15)21)23-19(24(18)12-5-6-12)14-10-22-9-11-3-1-2-4-13(11)14/h1-4,7-10,12H,5-6H2. The van der Waals surface area contributed by atoms with Crippen LogP contribution < -0.4 is 0 Å². The van der Waals surface area contributed by atoms with E-state index in [0.29, 0.717) is 11.6 Å². The molecule has 0 atom stereocenters. The second-order valence-corrected chi connectivity index (χ2v) is 6.61. The van der Waals surface area contributed by atoms with Crippen LogP contribution in [0.5, 0.6) is 0 Å². The Balaban J connectivity index is 1.87. The molecule has 0 unspecified atom stereocenters. The van der Waals surface area contributed by atoms with Crippen LogP contribution in [0.3, 0.4) is 0 Å². The highest BCUT2D eigenvalue weighted by Gasteiger charge is 2.29. The van der Waals surface area contributed by atoms with Crippen LogP contribution >= 0.6 is 11.6 Å². The van der Waals surface area contributed by atoms with Crippen LogP contribution in [0.25, 0.3) is 33.2 Å². The number of nitrogens with zero attached hydrogens (tertiary/aromatic N) is 3. The molecule has 0 N–H and O–H groups in total. The summed E-state index contributed by atoms with van der Waals surface area (Å²) in [5.74, 6) is 0.394. The Hall–Kier alpha value is -2.46. The number of hydrogen-bond donors (Lipinski definition) is 0. The summed E-state index contributed by atoms with van der Waals surface area (Å²) in [6, 6.07) is 11.6. The SMILES string of the molecule is Fc1cc2nc(-c3cncc4ccccc34)n(C3CC3)c2cc1Cl. The Morgan fingerprint density at radius 2 is 1.96 bits per heavy atom. The lowest BCUT2D eigenvalue weighted by molar-refractivity contribution is 0.629. The van der Waals surface area contributed by atoms with Crippen molar-refractivity contribution < 1.29 is 4.39 Å². The van der Waals surface area contributed by atoms with Crippen molar-refractivity contribution in [2.45, 2.75) is 18.9 Å². The fourth-order valence-corrected chi connectivity index (χ4v) is 3.44. The van der Waals surface area contributed by atoms with E-state index in [2.05, 4.69) is 15.6 Å². The maximum absolute atomic E-state index is 13.9. The Bertz CT molecular complexity index is 1090. The smallest absolute Gasteiger partial charge is 0.144 e. The third kappa shape index (κ3) is 2.03. The molecule has 1 aliphatic carbocycles. The number of hydrogen-bond acceptors (Lipinski definition) is 2. The molecule has 4 aromatic rings. The van der Waals surface area contributed by atoms with Gasteiger partial charge in [-0.1, -0.05) is 35.9 Å². The number of fused-ring (bicyclic) bond motifs is 2. The van der Waals surface area contributed by atoms with Gasteiger partial charge in [-0.15, -0.1) is 0 Å². The van der Waals surface area contributed by atoms with Crippen LogP contribution in [-0.2, 0) is 0 Å². The van der Waals surface area contributed by atoms with E-state index in [1.165, 1.54) is 6.07 Å². The molecule has 0 bridgehead atoms. The van der Waals surface area contributed by atoms with Gasteiger partial charge in [-0.25, -0.2) is 9.37 Å². The molecule has 1 fully saturated rings. The van der Waals surface area contributed by atoms with Gasteiger partial charge in [0, 0.05) is 35.5 Å². The van der Waals surface area contributed by atoms with Crippen molar-refractivity contribution in [2.24, 2.45) is 0 Å². The first-order valence-corrected chi connectivity index (χ1v) is 8.30. The van der Waals surface area contributed by atoms with E-state index in [1.807, 2.05) is 30.6 Å². The van der Waals surface area contributed by atoms with Crippen LogP contribution in [0.1, 0.15) is 18.9 Å². The van der Waals surface area contributed by atoms with Crippen molar-refractivity contribution in [3.8, 4) is 11.4 Å². The number of pyridine rings is 1. The summed E-state index contributed by atoms with van der Waals surface area (Å²) < 4.78 is 16.1. The molecule has 0 radical (unpaired) electrons. The van der Waals surface area contributed by atoms with Gasteiger partial charge in [-0.05, 0) is 24.3 Å². The second-order valence-electron chi connectivity index (χ2n) is 6.20. The highest BCUT2D eigenvalue weighted by molar-refractivity contribution is 6.31. The summed E-state index contributed by atoms with van der Waals surface area (Å²) >= 11 is 6.01. The predicted molar refractivity (Wildman–Crippen MR) is 93.7 cm³/mol. The number of benzene rings is 2.